The number of thiazole rings is 1. The summed E-state index contributed by atoms with van der Waals surface area (Å²) in [6.07, 6.45) is -4.55. The summed E-state index contributed by atoms with van der Waals surface area (Å²) in [4.78, 5) is 30.8. The summed E-state index contributed by atoms with van der Waals surface area (Å²) in [7, 11) is 0. The first-order chi connectivity index (χ1) is 15.9. The van der Waals surface area contributed by atoms with Gasteiger partial charge in [0.05, 0.1) is 21.6 Å². The minimum atomic E-state index is -4.46. The molecule has 1 heterocycles. The molecule has 0 unspecified atom stereocenters. The molecule has 1 aromatic heterocycles. The van der Waals surface area contributed by atoms with Gasteiger partial charge in [0.25, 0.3) is 0 Å². The molecule has 0 saturated carbocycles. The van der Waals surface area contributed by atoms with Crippen LogP contribution in [-0.4, -0.2) is 39.4 Å². The van der Waals surface area contributed by atoms with Crippen LogP contribution in [0.25, 0.3) is 0 Å². The number of rotatable bonds is 4. The number of hydrazine groups is 1. The van der Waals surface area contributed by atoms with Gasteiger partial charge in [-0.25, -0.2) is 19.6 Å². The normalized spacial score (nSPS) is 13.2. The lowest BCUT2D eigenvalue weighted by atomic mass is 10.0. The van der Waals surface area contributed by atoms with Crippen LogP contribution in [0.4, 0.5) is 27.9 Å². The highest BCUT2D eigenvalue weighted by atomic mass is 79.9. The summed E-state index contributed by atoms with van der Waals surface area (Å²) in [5.74, 6) is 0. The second kappa shape index (κ2) is 10.7. The average molecular weight is 580 g/mol. The van der Waals surface area contributed by atoms with Gasteiger partial charge in [-0.2, -0.15) is 18.2 Å². The minimum absolute atomic E-state index is 0.128. The van der Waals surface area contributed by atoms with Crippen LogP contribution in [0, 0.1) is 0 Å². The smallest absolute Gasteiger partial charge is 0.436 e. The van der Waals surface area contributed by atoms with E-state index in [1.165, 1.54) is 18.3 Å². The Balaban J connectivity index is 2.49. The molecule has 1 atom stereocenters. The third kappa shape index (κ3) is 8.68. The van der Waals surface area contributed by atoms with Crippen molar-refractivity contribution >= 4 is 44.6 Å². The molecule has 12 heteroatoms. The van der Waals surface area contributed by atoms with Gasteiger partial charge >= 0.3 is 18.4 Å². The number of carbonyl (C=O) groups excluding carboxylic acids is 2. The summed E-state index contributed by atoms with van der Waals surface area (Å²) in [6.45, 7) is 11.8. The standard InChI is InChI=1S/C23H29BrF3N3O4S/c1-14(12-15-8-10-16(11-9-15)23(25,26)27)29(19(31)33-21(2,3)4)30(18-28-13-17(24)35-18)20(32)34-22(5,6)7/h8-11,13-14H,12H2,1-7H3/t14-/m0/s1. The Morgan fingerprint density at radius 3 is 1.94 bits per heavy atom. The maximum Gasteiger partial charge on any atom is 0.436 e. The Labute approximate surface area is 215 Å². The largest absolute Gasteiger partial charge is 0.442 e. The van der Waals surface area contributed by atoms with E-state index in [4.69, 9.17) is 9.47 Å². The Morgan fingerprint density at radius 1 is 1.00 bits per heavy atom. The first kappa shape index (κ1) is 28.9. The summed E-state index contributed by atoms with van der Waals surface area (Å²) < 4.78 is 50.6. The van der Waals surface area contributed by atoms with Crippen molar-refractivity contribution in [3.8, 4) is 0 Å². The molecular formula is C23H29BrF3N3O4S. The fourth-order valence-electron chi connectivity index (χ4n) is 2.93. The molecule has 0 aliphatic rings. The fourth-order valence-corrected chi connectivity index (χ4v) is 4.10. The number of alkyl halides is 3. The fraction of sp³-hybridized carbons (Fsp3) is 0.522. The van der Waals surface area contributed by atoms with Crippen molar-refractivity contribution in [3.05, 3.63) is 45.4 Å². The summed E-state index contributed by atoms with van der Waals surface area (Å²) in [5.41, 5.74) is -2.00. The van der Waals surface area contributed by atoms with Crippen molar-refractivity contribution in [2.45, 2.75) is 78.3 Å². The van der Waals surface area contributed by atoms with Crippen LogP contribution in [0.15, 0.2) is 34.2 Å². The maximum atomic E-state index is 13.3. The van der Waals surface area contributed by atoms with E-state index in [1.807, 2.05) is 0 Å². The molecule has 194 valence electrons. The number of ether oxygens (including phenoxy) is 2. The second-order valence-electron chi connectivity index (χ2n) is 9.81. The van der Waals surface area contributed by atoms with Gasteiger partial charge in [0.2, 0.25) is 5.13 Å². The van der Waals surface area contributed by atoms with Crippen molar-refractivity contribution in [1.82, 2.24) is 9.99 Å². The van der Waals surface area contributed by atoms with Crippen LogP contribution in [0.1, 0.15) is 59.6 Å². The van der Waals surface area contributed by atoms with E-state index < -0.39 is 41.2 Å². The van der Waals surface area contributed by atoms with Crippen LogP contribution < -0.4 is 5.01 Å². The van der Waals surface area contributed by atoms with Crippen molar-refractivity contribution < 1.29 is 32.2 Å². The number of anilines is 1. The van der Waals surface area contributed by atoms with E-state index in [9.17, 15) is 22.8 Å². The molecule has 0 fully saturated rings. The summed E-state index contributed by atoms with van der Waals surface area (Å²) in [5, 5.41) is 2.24. The lowest BCUT2D eigenvalue weighted by Gasteiger charge is -2.38. The Hall–Kier alpha value is -2.34. The topological polar surface area (TPSA) is 72.0 Å². The Kier molecular flexibility index (Phi) is 8.86. The Bertz CT molecular complexity index is 1030. The maximum absolute atomic E-state index is 13.3. The van der Waals surface area contributed by atoms with Gasteiger partial charge in [0, 0.05) is 0 Å². The molecule has 0 aliphatic heterocycles. The predicted octanol–water partition coefficient (Wildman–Crippen LogP) is 7.45. The van der Waals surface area contributed by atoms with Crippen molar-refractivity contribution in [3.63, 3.8) is 0 Å². The van der Waals surface area contributed by atoms with Crippen LogP contribution in [0.2, 0.25) is 0 Å². The number of nitrogens with zero attached hydrogens (tertiary/aromatic N) is 3. The molecule has 0 bridgehead atoms. The highest BCUT2D eigenvalue weighted by Crippen LogP contribution is 2.32. The molecule has 2 aromatic rings. The lowest BCUT2D eigenvalue weighted by Crippen LogP contribution is -2.57. The molecule has 0 N–H and O–H groups in total. The average Bonchev–Trinajstić information content (AvgIpc) is 3.08. The minimum Gasteiger partial charge on any atom is -0.442 e. The third-order valence-corrected chi connectivity index (χ3v) is 5.69. The first-order valence-electron chi connectivity index (χ1n) is 10.7. The number of hydrogen-bond acceptors (Lipinski definition) is 6. The highest BCUT2D eigenvalue weighted by Gasteiger charge is 2.39. The zero-order valence-electron chi connectivity index (χ0n) is 20.6. The van der Waals surface area contributed by atoms with Crippen LogP contribution in [-0.2, 0) is 22.1 Å². The van der Waals surface area contributed by atoms with Crippen molar-refractivity contribution in [2.75, 3.05) is 5.01 Å². The number of aromatic nitrogens is 1. The Morgan fingerprint density at radius 2 is 1.51 bits per heavy atom. The SMILES string of the molecule is C[C@@H](Cc1ccc(C(F)(F)F)cc1)N(C(=O)OC(C)(C)C)N(C(=O)OC(C)(C)C)c1ncc(Br)s1. The molecule has 1 aromatic carbocycles. The van der Waals surface area contributed by atoms with Gasteiger partial charge in [0.1, 0.15) is 11.2 Å². The number of amides is 2. The van der Waals surface area contributed by atoms with Crippen molar-refractivity contribution in [1.29, 1.82) is 0 Å². The molecule has 0 spiro atoms. The van der Waals surface area contributed by atoms with E-state index in [1.54, 1.807) is 48.5 Å². The number of carbonyl (C=O) groups is 2. The zero-order valence-corrected chi connectivity index (χ0v) is 23.0. The van der Waals surface area contributed by atoms with Crippen molar-refractivity contribution in [2.24, 2.45) is 0 Å². The third-order valence-electron chi connectivity index (χ3n) is 4.24. The van der Waals surface area contributed by atoms with Crippen LogP contribution in [0.3, 0.4) is 0 Å². The predicted molar refractivity (Wildman–Crippen MR) is 131 cm³/mol. The van der Waals surface area contributed by atoms with E-state index in [-0.39, 0.29) is 11.6 Å². The molecule has 2 amide bonds. The van der Waals surface area contributed by atoms with E-state index in [2.05, 4.69) is 20.9 Å². The molecular weight excluding hydrogens is 551 g/mol. The van der Waals surface area contributed by atoms with Gasteiger partial charge in [-0.1, -0.05) is 23.5 Å². The van der Waals surface area contributed by atoms with Crippen LogP contribution in [0.5, 0.6) is 0 Å². The molecule has 0 radical (unpaired) electrons. The van der Waals surface area contributed by atoms with Gasteiger partial charge in [-0.05, 0) is 88.5 Å². The van der Waals surface area contributed by atoms with Gasteiger partial charge in [-0.15, -0.1) is 0 Å². The number of hydrogen-bond donors (Lipinski definition) is 0. The van der Waals surface area contributed by atoms with Gasteiger partial charge in [-0.3, -0.25) is 0 Å². The molecule has 35 heavy (non-hydrogen) atoms. The quantitative estimate of drug-likeness (QED) is 0.352. The summed E-state index contributed by atoms with van der Waals surface area (Å²) in [6, 6.07) is 3.90. The second-order valence-corrected chi connectivity index (χ2v) is 12.2. The molecule has 2 rings (SSSR count). The molecule has 0 aliphatic carbocycles. The summed E-state index contributed by atoms with van der Waals surface area (Å²) >= 11 is 4.41. The molecule has 0 saturated heterocycles. The highest BCUT2D eigenvalue weighted by molar-refractivity contribution is 9.11. The monoisotopic (exact) mass is 579 g/mol. The van der Waals surface area contributed by atoms with Gasteiger partial charge in [0.15, 0.2) is 0 Å². The number of halogens is 4. The van der Waals surface area contributed by atoms with Gasteiger partial charge < -0.3 is 9.47 Å². The lowest BCUT2D eigenvalue weighted by molar-refractivity contribution is -0.137. The molecule has 7 nitrogen and oxygen atoms in total. The van der Waals surface area contributed by atoms with Crippen LogP contribution >= 0.6 is 27.3 Å². The van der Waals surface area contributed by atoms with E-state index in [0.717, 1.165) is 33.5 Å². The zero-order chi connectivity index (χ0) is 26.8. The van der Waals surface area contributed by atoms with E-state index in [0.29, 0.717) is 9.35 Å². The first-order valence-corrected chi connectivity index (χ1v) is 12.3. The number of benzene rings is 1. The van der Waals surface area contributed by atoms with E-state index >= 15 is 0 Å².